The fraction of sp³-hybridized carbons (Fsp3) is 0.600. The Morgan fingerprint density at radius 3 is 2.79 bits per heavy atom. The van der Waals surface area contributed by atoms with Gasteiger partial charge in [0.15, 0.2) is 0 Å². The third-order valence-electron chi connectivity index (χ3n) is 3.87. The predicted molar refractivity (Wildman–Crippen MR) is 77.0 cm³/mol. The molecule has 102 valence electrons. The van der Waals surface area contributed by atoms with Gasteiger partial charge in [0.1, 0.15) is 11.9 Å². The first kappa shape index (κ1) is 13.8. The van der Waals surface area contributed by atoms with Crippen LogP contribution < -0.4 is 5.32 Å². The summed E-state index contributed by atoms with van der Waals surface area (Å²) in [6.07, 6.45) is 2.46. The quantitative estimate of drug-likeness (QED) is 0.901. The highest BCUT2D eigenvalue weighted by molar-refractivity contribution is 5.52. The lowest BCUT2D eigenvalue weighted by atomic mass is 9.97. The van der Waals surface area contributed by atoms with Gasteiger partial charge in [0.05, 0.1) is 5.56 Å². The Morgan fingerprint density at radius 1 is 1.42 bits per heavy atom. The van der Waals surface area contributed by atoms with E-state index in [1.54, 1.807) is 0 Å². The number of anilines is 1. The first-order valence-corrected chi connectivity index (χ1v) is 7.07. The minimum Gasteiger partial charge on any atom is -0.369 e. The Labute approximate surface area is 115 Å². The van der Waals surface area contributed by atoms with Crippen LogP contribution in [0.1, 0.15) is 31.0 Å². The molecule has 1 aliphatic heterocycles. The number of rotatable bonds is 4. The number of aryl methyl sites for hydroxylation is 1. The number of piperidine rings is 1. The molecule has 0 aromatic carbocycles. The molecule has 1 aromatic heterocycles. The SMILES string of the molecule is CCN1CCC(CNc2nc(C)ccc2C#N)CC1. The normalized spacial score (nSPS) is 17.1. The molecule has 1 aliphatic rings. The topological polar surface area (TPSA) is 52.0 Å². The molecule has 1 saturated heterocycles. The molecule has 1 N–H and O–H groups in total. The molecule has 0 radical (unpaired) electrons. The molecule has 4 heteroatoms. The van der Waals surface area contributed by atoms with Gasteiger partial charge >= 0.3 is 0 Å². The summed E-state index contributed by atoms with van der Waals surface area (Å²) in [5.74, 6) is 1.43. The van der Waals surface area contributed by atoms with Crippen LogP contribution in [0.5, 0.6) is 0 Å². The molecule has 0 bridgehead atoms. The van der Waals surface area contributed by atoms with E-state index in [0.29, 0.717) is 11.5 Å². The minimum absolute atomic E-state index is 0.636. The highest BCUT2D eigenvalue weighted by Gasteiger charge is 2.18. The second-order valence-electron chi connectivity index (χ2n) is 5.22. The summed E-state index contributed by atoms with van der Waals surface area (Å²) in [6, 6.07) is 5.91. The van der Waals surface area contributed by atoms with Gasteiger partial charge < -0.3 is 10.2 Å². The molecule has 4 nitrogen and oxygen atoms in total. The number of hydrogen-bond acceptors (Lipinski definition) is 4. The number of hydrogen-bond donors (Lipinski definition) is 1. The third kappa shape index (κ3) is 3.68. The van der Waals surface area contributed by atoms with Crippen LogP contribution in [0.3, 0.4) is 0 Å². The van der Waals surface area contributed by atoms with Gasteiger partial charge in [-0.05, 0) is 57.5 Å². The molecule has 1 fully saturated rings. The number of aromatic nitrogens is 1. The van der Waals surface area contributed by atoms with Crippen LogP contribution in [-0.2, 0) is 0 Å². The van der Waals surface area contributed by atoms with E-state index >= 15 is 0 Å². The summed E-state index contributed by atoms with van der Waals surface area (Å²) in [4.78, 5) is 6.90. The van der Waals surface area contributed by atoms with Crippen molar-refractivity contribution in [3.63, 3.8) is 0 Å². The number of nitrogens with zero attached hydrogens (tertiary/aromatic N) is 3. The van der Waals surface area contributed by atoms with E-state index < -0.39 is 0 Å². The van der Waals surface area contributed by atoms with Crippen LogP contribution in [0.2, 0.25) is 0 Å². The van der Waals surface area contributed by atoms with Crippen molar-refractivity contribution < 1.29 is 0 Å². The number of pyridine rings is 1. The first-order chi connectivity index (χ1) is 9.22. The Kier molecular flexibility index (Phi) is 4.75. The zero-order valence-electron chi connectivity index (χ0n) is 11.8. The van der Waals surface area contributed by atoms with Crippen molar-refractivity contribution in [1.29, 1.82) is 5.26 Å². The molecular weight excluding hydrogens is 236 g/mol. The molecule has 0 spiro atoms. The average Bonchev–Trinajstić information content (AvgIpc) is 2.46. The Morgan fingerprint density at radius 2 is 2.16 bits per heavy atom. The van der Waals surface area contributed by atoms with Gasteiger partial charge in [0, 0.05) is 12.2 Å². The zero-order chi connectivity index (χ0) is 13.7. The second kappa shape index (κ2) is 6.53. The van der Waals surface area contributed by atoms with E-state index in [2.05, 4.69) is 28.2 Å². The van der Waals surface area contributed by atoms with E-state index in [0.717, 1.165) is 24.6 Å². The molecule has 19 heavy (non-hydrogen) atoms. The van der Waals surface area contributed by atoms with Crippen LogP contribution in [0.4, 0.5) is 5.82 Å². The number of nitrogens with one attached hydrogen (secondary N) is 1. The van der Waals surface area contributed by atoms with Gasteiger partial charge in [0.2, 0.25) is 0 Å². The molecule has 0 amide bonds. The molecule has 0 unspecified atom stereocenters. The monoisotopic (exact) mass is 258 g/mol. The van der Waals surface area contributed by atoms with Crippen molar-refractivity contribution in [3.8, 4) is 6.07 Å². The summed E-state index contributed by atoms with van der Waals surface area (Å²) in [7, 11) is 0. The lowest BCUT2D eigenvalue weighted by Crippen LogP contribution is -2.35. The van der Waals surface area contributed by atoms with Crippen LogP contribution >= 0.6 is 0 Å². The molecule has 0 atom stereocenters. The Bertz CT molecular complexity index is 456. The van der Waals surface area contributed by atoms with Gasteiger partial charge in [-0.2, -0.15) is 5.26 Å². The molecule has 0 saturated carbocycles. The van der Waals surface area contributed by atoms with Crippen LogP contribution in [-0.4, -0.2) is 36.1 Å². The molecule has 0 aliphatic carbocycles. The highest BCUT2D eigenvalue weighted by Crippen LogP contribution is 2.19. The van der Waals surface area contributed by atoms with Crippen LogP contribution in [0, 0.1) is 24.2 Å². The Hall–Kier alpha value is -1.60. The van der Waals surface area contributed by atoms with E-state index in [1.165, 1.54) is 25.9 Å². The number of likely N-dealkylation sites (tertiary alicyclic amines) is 1. The summed E-state index contributed by atoms with van der Waals surface area (Å²) >= 11 is 0. The maximum Gasteiger partial charge on any atom is 0.144 e. The molecule has 1 aromatic rings. The Balaban J connectivity index is 1.89. The fourth-order valence-corrected chi connectivity index (χ4v) is 2.53. The smallest absolute Gasteiger partial charge is 0.144 e. The summed E-state index contributed by atoms with van der Waals surface area (Å²) in [5.41, 5.74) is 1.58. The largest absolute Gasteiger partial charge is 0.369 e. The average molecular weight is 258 g/mol. The predicted octanol–water partition coefficient (Wildman–Crippen LogP) is 2.41. The fourth-order valence-electron chi connectivity index (χ4n) is 2.53. The van der Waals surface area contributed by atoms with E-state index in [1.807, 2.05) is 19.1 Å². The van der Waals surface area contributed by atoms with Gasteiger partial charge in [-0.1, -0.05) is 6.92 Å². The van der Waals surface area contributed by atoms with Crippen molar-refractivity contribution in [2.75, 3.05) is 31.5 Å². The maximum atomic E-state index is 9.08. The van der Waals surface area contributed by atoms with Gasteiger partial charge in [-0.25, -0.2) is 4.98 Å². The van der Waals surface area contributed by atoms with Gasteiger partial charge in [-0.3, -0.25) is 0 Å². The van der Waals surface area contributed by atoms with E-state index in [-0.39, 0.29) is 0 Å². The lowest BCUT2D eigenvalue weighted by molar-refractivity contribution is 0.198. The molecule has 2 heterocycles. The highest BCUT2D eigenvalue weighted by atomic mass is 15.1. The third-order valence-corrected chi connectivity index (χ3v) is 3.87. The second-order valence-corrected chi connectivity index (χ2v) is 5.22. The summed E-state index contributed by atoms with van der Waals surface area (Å²) in [5, 5.41) is 12.4. The van der Waals surface area contributed by atoms with E-state index in [4.69, 9.17) is 5.26 Å². The van der Waals surface area contributed by atoms with Crippen molar-refractivity contribution in [3.05, 3.63) is 23.4 Å². The summed E-state index contributed by atoms with van der Waals surface area (Å²) in [6.45, 7) is 8.62. The van der Waals surface area contributed by atoms with Crippen molar-refractivity contribution in [1.82, 2.24) is 9.88 Å². The van der Waals surface area contributed by atoms with Crippen molar-refractivity contribution in [2.24, 2.45) is 5.92 Å². The van der Waals surface area contributed by atoms with Crippen molar-refractivity contribution in [2.45, 2.75) is 26.7 Å². The molecule has 2 rings (SSSR count). The minimum atomic E-state index is 0.636. The maximum absolute atomic E-state index is 9.08. The standard InChI is InChI=1S/C15H22N4/c1-3-19-8-6-13(7-9-19)11-17-15-14(10-16)5-4-12(2)18-15/h4-5,13H,3,6-9,11H2,1-2H3,(H,17,18). The van der Waals surface area contributed by atoms with Gasteiger partial charge in [0.25, 0.3) is 0 Å². The summed E-state index contributed by atoms with van der Waals surface area (Å²) < 4.78 is 0. The molecular formula is C15H22N4. The van der Waals surface area contributed by atoms with Crippen LogP contribution in [0.25, 0.3) is 0 Å². The van der Waals surface area contributed by atoms with Gasteiger partial charge in [-0.15, -0.1) is 0 Å². The zero-order valence-corrected chi connectivity index (χ0v) is 11.8. The lowest BCUT2D eigenvalue weighted by Gasteiger charge is -2.31. The number of nitriles is 1. The first-order valence-electron chi connectivity index (χ1n) is 7.07. The van der Waals surface area contributed by atoms with Crippen LogP contribution in [0.15, 0.2) is 12.1 Å². The van der Waals surface area contributed by atoms with Crippen molar-refractivity contribution >= 4 is 5.82 Å². The van der Waals surface area contributed by atoms with E-state index in [9.17, 15) is 0 Å².